The van der Waals surface area contributed by atoms with Crippen LogP contribution in [0.2, 0.25) is 15.1 Å². The number of nitrogens with one attached hydrogen (secondary N) is 1. The molecule has 0 atom stereocenters. The number of hydrogen-bond acceptors (Lipinski definition) is 3. The molecule has 4 nitrogen and oxygen atoms in total. The van der Waals surface area contributed by atoms with Gasteiger partial charge in [-0.05, 0) is 47.9 Å². The Balaban J connectivity index is 1.85. The third-order valence-corrected chi connectivity index (χ3v) is 5.78. The molecule has 0 heterocycles. The quantitative estimate of drug-likeness (QED) is 0.382. The van der Waals surface area contributed by atoms with Crippen LogP contribution in [0.4, 0.5) is 0 Å². The summed E-state index contributed by atoms with van der Waals surface area (Å²) >= 11 is 19.0. The van der Waals surface area contributed by atoms with Gasteiger partial charge < -0.3 is 14.8 Å². The number of amides is 1. The highest BCUT2D eigenvalue weighted by Crippen LogP contribution is 2.40. The Morgan fingerprint density at radius 1 is 1.00 bits per heavy atom. The van der Waals surface area contributed by atoms with E-state index in [0.29, 0.717) is 15.8 Å². The van der Waals surface area contributed by atoms with Crippen molar-refractivity contribution >= 4 is 40.7 Å². The fourth-order valence-electron chi connectivity index (χ4n) is 3.06. The lowest BCUT2D eigenvalue weighted by molar-refractivity contribution is 0.0951. The number of halogens is 3. The largest absolute Gasteiger partial charge is 0.496 e. The van der Waals surface area contributed by atoms with Crippen LogP contribution in [0.1, 0.15) is 41.3 Å². The highest BCUT2D eigenvalue weighted by molar-refractivity contribution is 6.39. The van der Waals surface area contributed by atoms with Gasteiger partial charge in [-0.1, -0.05) is 66.8 Å². The predicted molar refractivity (Wildman–Crippen MR) is 126 cm³/mol. The molecule has 0 aliphatic heterocycles. The summed E-state index contributed by atoms with van der Waals surface area (Å²) < 4.78 is 11.4. The van der Waals surface area contributed by atoms with E-state index in [1.54, 1.807) is 31.4 Å². The third kappa shape index (κ3) is 5.45. The Bertz CT molecular complexity index is 1100. The van der Waals surface area contributed by atoms with E-state index in [2.05, 4.69) is 19.2 Å². The fourth-order valence-corrected chi connectivity index (χ4v) is 3.80. The molecule has 0 saturated carbocycles. The van der Waals surface area contributed by atoms with Crippen LogP contribution in [0, 0.1) is 0 Å². The molecule has 162 valence electrons. The van der Waals surface area contributed by atoms with Crippen LogP contribution in [0.15, 0.2) is 54.6 Å². The van der Waals surface area contributed by atoms with Gasteiger partial charge in [0.2, 0.25) is 0 Å². The Kier molecular flexibility index (Phi) is 7.71. The van der Waals surface area contributed by atoms with Gasteiger partial charge in [0.05, 0.1) is 22.7 Å². The monoisotopic (exact) mass is 477 g/mol. The van der Waals surface area contributed by atoms with Crippen molar-refractivity contribution in [3.63, 3.8) is 0 Å². The molecule has 1 N–H and O–H groups in total. The van der Waals surface area contributed by atoms with Crippen molar-refractivity contribution in [1.29, 1.82) is 0 Å². The van der Waals surface area contributed by atoms with Crippen LogP contribution in [0.3, 0.4) is 0 Å². The summed E-state index contributed by atoms with van der Waals surface area (Å²) in [6, 6.07) is 15.9. The topological polar surface area (TPSA) is 47.6 Å². The van der Waals surface area contributed by atoms with Crippen LogP contribution in [-0.4, -0.2) is 13.0 Å². The Labute approximate surface area is 197 Å². The van der Waals surface area contributed by atoms with Gasteiger partial charge >= 0.3 is 0 Å². The number of rotatable bonds is 7. The molecule has 3 aromatic carbocycles. The molecule has 0 aliphatic carbocycles. The van der Waals surface area contributed by atoms with Gasteiger partial charge in [-0.15, -0.1) is 0 Å². The zero-order valence-electron chi connectivity index (χ0n) is 17.3. The maximum atomic E-state index is 12.7. The fraction of sp³-hybridized carbons (Fsp3) is 0.208. The molecule has 0 spiro atoms. The van der Waals surface area contributed by atoms with E-state index < -0.39 is 0 Å². The van der Waals surface area contributed by atoms with E-state index in [4.69, 9.17) is 44.3 Å². The number of benzene rings is 3. The number of ether oxygens (including phenoxy) is 2. The molecule has 7 heteroatoms. The SMILES string of the molecule is COc1ccc(Oc2c(Cl)ccc(C(=O)NCc3ccccc3Cl)c2Cl)cc1C(C)C. The first kappa shape index (κ1) is 23.3. The molecule has 31 heavy (non-hydrogen) atoms. The minimum Gasteiger partial charge on any atom is -0.496 e. The van der Waals surface area contributed by atoms with Crippen molar-refractivity contribution in [2.24, 2.45) is 0 Å². The first-order valence-electron chi connectivity index (χ1n) is 9.67. The van der Waals surface area contributed by atoms with Crippen molar-refractivity contribution in [2.75, 3.05) is 7.11 Å². The molecule has 0 aliphatic rings. The summed E-state index contributed by atoms with van der Waals surface area (Å²) in [5.41, 5.74) is 2.05. The van der Waals surface area contributed by atoms with Crippen LogP contribution < -0.4 is 14.8 Å². The van der Waals surface area contributed by atoms with Crippen molar-refractivity contribution in [3.05, 3.63) is 86.4 Å². The predicted octanol–water partition coefficient (Wildman–Crippen LogP) is 7.50. The maximum Gasteiger partial charge on any atom is 0.253 e. The van der Waals surface area contributed by atoms with Crippen molar-refractivity contribution in [3.8, 4) is 17.2 Å². The van der Waals surface area contributed by atoms with Crippen LogP contribution in [-0.2, 0) is 6.54 Å². The van der Waals surface area contributed by atoms with E-state index in [-0.39, 0.29) is 34.7 Å². The van der Waals surface area contributed by atoms with E-state index in [1.807, 2.05) is 30.3 Å². The van der Waals surface area contributed by atoms with E-state index in [1.165, 1.54) is 0 Å². The molecule has 3 rings (SSSR count). The lowest BCUT2D eigenvalue weighted by Crippen LogP contribution is -2.23. The molecule has 0 fully saturated rings. The van der Waals surface area contributed by atoms with Gasteiger partial charge in [0, 0.05) is 17.1 Å². The number of methoxy groups -OCH3 is 1. The van der Waals surface area contributed by atoms with Crippen molar-refractivity contribution < 1.29 is 14.3 Å². The molecule has 1 amide bonds. The summed E-state index contributed by atoms with van der Waals surface area (Å²) in [5.74, 6) is 1.40. The molecule has 0 radical (unpaired) electrons. The Morgan fingerprint density at radius 2 is 1.74 bits per heavy atom. The highest BCUT2D eigenvalue weighted by atomic mass is 35.5. The minimum atomic E-state index is -0.357. The van der Waals surface area contributed by atoms with Crippen molar-refractivity contribution in [1.82, 2.24) is 5.32 Å². The van der Waals surface area contributed by atoms with Gasteiger partial charge in [-0.3, -0.25) is 4.79 Å². The molecular weight excluding hydrogens is 457 g/mol. The summed E-state index contributed by atoms with van der Waals surface area (Å²) in [6.07, 6.45) is 0. The van der Waals surface area contributed by atoms with Crippen molar-refractivity contribution in [2.45, 2.75) is 26.3 Å². The lowest BCUT2D eigenvalue weighted by Gasteiger charge is -2.16. The lowest BCUT2D eigenvalue weighted by atomic mass is 10.0. The Hall–Kier alpha value is -2.40. The molecule has 0 aromatic heterocycles. The molecule has 0 unspecified atom stereocenters. The summed E-state index contributed by atoms with van der Waals surface area (Å²) in [4.78, 5) is 12.7. The van der Waals surface area contributed by atoms with Gasteiger partial charge in [0.1, 0.15) is 11.5 Å². The van der Waals surface area contributed by atoms with Crippen LogP contribution in [0.5, 0.6) is 17.2 Å². The van der Waals surface area contributed by atoms with Gasteiger partial charge in [0.15, 0.2) is 5.75 Å². The second kappa shape index (κ2) is 10.3. The highest BCUT2D eigenvalue weighted by Gasteiger charge is 2.19. The average Bonchev–Trinajstić information content (AvgIpc) is 2.75. The molecular formula is C24H22Cl3NO3. The molecule has 0 bridgehead atoms. The van der Waals surface area contributed by atoms with E-state index in [0.717, 1.165) is 16.9 Å². The third-order valence-electron chi connectivity index (χ3n) is 4.73. The normalized spacial score (nSPS) is 10.8. The van der Waals surface area contributed by atoms with E-state index in [9.17, 15) is 4.79 Å². The average molecular weight is 479 g/mol. The first-order valence-corrected chi connectivity index (χ1v) is 10.8. The Morgan fingerprint density at radius 3 is 2.42 bits per heavy atom. The van der Waals surface area contributed by atoms with Crippen LogP contribution in [0.25, 0.3) is 0 Å². The zero-order chi connectivity index (χ0) is 22.5. The number of hydrogen-bond donors (Lipinski definition) is 1. The van der Waals surface area contributed by atoms with Gasteiger partial charge in [-0.2, -0.15) is 0 Å². The summed E-state index contributed by atoms with van der Waals surface area (Å²) in [7, 11) is 1.63. The molecule has 3 aromatic rings. The second-order valence-corrected chi connectivity index (χ2v) is 8.37. The smallest absolute Gasteiger partial charge is 0.253 e. The number of carbonyl (C=O) groups is 1. The number of carbonyl (C=O) groups excluding carboxylic acids is 1. The summed E-state index contributed by atoms with van der Waals surface area (Å²) in [6.45, 7) is 4.39. The van der Waals surface area contributed by atoms with Gasteiger partial charge in [0.25, 0.3) is 5.91 Å². The standard InChI is InChI=1S/C24H22Cl3NO3/c1-14(2)18-12-16(8-11-21(18)30-3)31-23-20(26)10-9-17(22(23)27)24(29)28-13-15-6-4-5-7-19(15)25/h4-12,14H,13H2,1-3H3,(H,28,29). The zero-order valence-corrected chi connectivity index (χ0v) is 19.6. The first-order chi connectivity index (χ1) is 14.8. The summed E-state index contributed by atoms with van der Waals surface area (Å²) in [5, 5.41) is 3.83. The van der Waals surface area contributed by atoms with Gasteiger partial charge in [-0.25, -0.2) is 0 Å². The molecule has 0 saturated heterocycles. The maximum absolute atomic E-state index is 12.7. The minimum absolute atomic E-state index is 0.131. The van der Waals surface area contributed by atoms with E-state index >= 15 is 0 Å². The second-order valence-electron chi connectivity index (χ2n) is 7.17. The van der Waals surface area contributed by atoms with Crippen LogP contribution >= 0.6 is 34.8 Å².